The van der Waals surface area contributed by atoms with Gasteiger partial charge in [0.2, 0.25) is 5.91 Å². The number of hydrogen-bond donors (Lipinski definition) is 0. The number of rotatable bonds is 6. The van der Waals surface area contributed by atoms with E-state index in [0.29, 0.717) is 13.0 Å². The van der Waals surface area contributed by atoms with Crippen LogP contribution < -0.4 is 4.74 Å². The fourth-order valence-corrected chi connectivity index (χ4v) is 3.84. The third kappa shape index (κ3) is 4.65. The monoisotopic (exact) mass is 386 g/mol. The van der Waals surface area contributed by atoms with E-state index in [1.807, 2.05) is 53.6 Å². The predicted octanol–water partition coefficient (Wildman–Crippen LogP) is 4.74. The van der Waals surface area contributed by atoms with E-state index in [4.69, 9.17) is 4.74 Å². The van der Waals surface area contributed by atoms with Crippen molar-refractivity contribution in [2.45, 2.75) is 38.8 Å². The highest BCUT2D eigenvalue weighted by Gasteiger charge is 2.22. The Kier molecular flexibility index (Phi) is 5.89. The van der Waals surface area contributed by atoms with Gasteiger partial charge in [-0.1, -0.05) is 48.5 Å². The van der Waals surface area contributed by atoms with Crippen LogP contribution in [-0.2, 0) is 24.2 Å². The van der Waals surface area contributed by atoms with Gasteiger partial charge in [0, 0.05) is 18.9 Å². The molecule has 3 aromatic rings. The molecule has 1 aromatic heterocycles. The van der Waals surface area contributed by atoms with E-state index >= 15 is 0 Å². The Bertz CT molecular complexity index is 957. The van der Waals surface area contributed by atoms with Crippen LogP contribution >= 0.6 is 0 Å². The van der Waals surface area contributed by atoms with Gasteiger partial charge >= 0.3 is 0 Å². The van der Waals surface area contributed by atoms with E-state index in [0.717, 1.165) is 41.9 Å². The number of benzene rings is 2. The van der Waals surface area contributed by atoms with Crippen molar-refractivity contribution < 1.29 is 9.53 Å². The van der Waals surface area contributed by atoms with Crippen molar-refractivity contribution >= 4 is 5.91 Å². The van der Waals surface area contributed by atoms with Gasteiger partial charge < -0.3 is 9.64 Å². The zero-order chi connectivity index (χ0) is 20.1. The fourth-order valence-electron chi connectivity index (χ4n) is 3.84. The normalized spacial score (nSPS) is 13.8. The Morgan fingerprint density at radius 2 is 1.97 bits per heavy atom. The minimum absolute atomic E-state index is 0.0233. The lowest BCUT2D eigenvalue weighted by molar-refractivity contribution is -0.133. The van der Waals surface area contributed by atoms with E-state index < -0.39 is 0 Å². The topological polar surface area (TPSA) is 42.4 Å². The number of amides is 1. The van der Waals surface area contributed by atoms with Crippen molar-refractivity contribution in [1.82, 2.24) is 9.88 Å². The molecule has 2 heterocycles. The van der Waals surface area contributed by atoms with Crippen LogP contribution in [0.25, 0.3) is 0 Å². The number of fused-ring (bicyclic) bond motifs is 1. The molecule has 0 aliphatic carbocycles. The summed E-state index contributed by atoms with van der Waals surface area (Å²) in [5.41, 5.74) is 4.40. The summed E-state index contributed by atoms with van der Waals surface area (Å²) in [6.45, 7) is 3.40. The number of hydrogen-bond acceptors (Lipinski definition) is 3. The number of carbonyl (C=O) groups excluding carboxylic acids is 1. The molecule has 0 radical (unpaired) electrons. The van der Waals surface area contributed by atoms with Gasteiger partial charge in [-0.05, 0) is 54.2 Å². The number of pyridine rings is 1. The van der Waals surface area contributed by atoms with Gasteiger partial charge in [0.1, 0.15) is 5.75 Å². The van der Waals surface area contributed by atoms with Gasteiger partial charge in [0.15, 0.2) is 0 Å². The molecular weight excluding hydrogens is 360 g/mol. The van der Waals surface area contributed by atoms with Crippen LogP contribution in [0.15, 0.2) is 73.1 Å². The van der Waals surface area contributed by atoms with Gasteiger partial charge in [-0.15, -0.1) is 0 Å². The van der Waals surface area contributed by atoms with E-state index in [2.05, 4.69) is 30.1 Å². The molecule has 0 spiro atoms. The van der Waals surface area contributed by atoms with Crippen molar-refractivity contribution in [2.24, 2.45) is 0 Å². The first-order valence-corrected chi connectivity index (χ1v) is 10.2. The zero-order valence-electron chi connectivity index (χ0n) is 16.8. The van der Waals surface area contributed by atoms with E-state index in [9.17, 15) is 4.79 Å². The van der Waals surface area contributed by atoms with Crippen LogP contribution in [0.2, 0.25) is 0 Å². The zero-order valence-corrected chi connectivity index (χ0v) is 16.8. The molecule has 1 aliphatic rings. The Morgan fingerprint density at radius 3 is 2.76 bits per heavy atom. The van der Waals surface area contributed by atoms with Crippen molar-refractivity contribution in [1.29, 1.82) is 0 Å². The number of ether oxygens (including phenoxy) is 1. The third-order valence-corrected chi connectivity index (χ3v) is 5.47. The first kappa shape index (κ1) is 19.2. The summed E-state index contributed by atoms with van der Waals surface area (Å²) in [6, 6.07) is 20.2. The first-order chi connectivity index (χ1) is 14.2. The van der Waals surface area contributed by atoms with Crippen LogP contribution in [0.1, 0.15) is 41.6 Å². The maximum Gasteiger partial charge on any atom is 0.227 e. The Labute approximate surface area is 172 Å². The summed E-state index contributed by atoms with van der Waals surface area (Å²) in [5.74, 6) is 1.07. The smallest absolute Gasteiger partial charge is 0.227 e. The molecule has 29 heavy (non-hydrogen) atoms. The lowest BCUT2D eigenvalue weighted by Gasteiger charge is -2.30. The standard InChI is InChI=1S/C25H26N2O2/c1-19(22-8-3-2-4-9-22)27(18-21-7-5-13-26-17-21)25(28)16-20-11-12-24-23(15-20)10-6-14-29-24/h2-5,7-9,11-13,15,17,19H,6,10,14,16,18H2,1H3/t19-/m1/s1. The van der Waals surface area contributed by atoms with Crippen LogP contribution in [0, 0.1) is 0 Å². The average molecular weight is 386 g/mol. The molecule has 1 aliphatic heterocycles. The SMILES string of the molecule is C[C@H](c1ccccc1)N(Cc1cccnc1)C(=O)Cc1ccc2c(c1)CCCO2. The second-order valence-corrected chi connectivity index (χ2v) is 7.54. The number of aryl methyl sites for hydroxylation is 1. The molecule has 0 unspecified atom stereocenters. The summed E-state index contributed by atoms with van der Waals surface area (Å²) in [7, 11) is 0. The van der Waals surface area contributed by atoms with E-state index in [1.54, 1.807) is 6.20 Å². The quantitative estimate of drug-likeness (QED) is 0.615. The highest BCUT2D eigenvalue weighted by atomic mass is 16.5. The summed E-state index contributed by atoms with van der Waals surface area (Å²) >= 11 is 0. The lowest BCUT2D eigenvalue weighted by Crippen LogP contribution is -2.34. The molecule has 1 atom stereocenters. The molecule has 0 saturated heterocycles. The van der Waals surface area contributed by atoms with Gasteiger partial charge in [-0.2, -0.15) is 0 Å². The minimum Gasteiger partial charge on any atom is -0.493 e. The number of carbonyl (C=O) groups is 1. The van der Waals surface area contributed by atoms with Crippen molar-refractivity contribution in [3.05, 3.63) is 95.3 Å². The van der Waals surface area contributed by atoms with Crippen molar-refractivity contribution in [2.75, 3.05) is 6.61 Å². The molecule has 4 rings (SSSR count). The summed E-state index contributed by atoms with van der Waals surface area (Å²) in [6.07, 6.45) is 6.00. The van der Waals surface area contributed by atoms with Gasteiger partial charge in [-0.25, -0.2) is 0 Å². The maximum absolute atomic E-state index is 13.4. The number of aromatic nitrogens is 1. The Balaban J connectivity index is 1.57. The minimum atomic E-state index is -0.0233. The summed E-state index contributed by atoms with van der Waals surface area (Å²) in [4.78, 5) is 19.5. The summed E-state index contributed by atoms with van der Waals surface area (Å²) < 4.78 is 5.70. The summed E-state index contributed by atoms with van der Waals surface area (Å²) in [5, 5.41) is 0. The molecule has 1 amide bonds. The maximum atomic E-state index is 13.4. The van der Waals surface area contributed by atoms with Crippen molar-refractivity contribution in [3.63, 3.8) is 0 Å². The van der Waals surface area contributed by atoms with E-state index in [-0.39, 0.29) is 11.9 Å². The van der Waals surface area contributed by atoms with Crippen LogP contribution in [0.5, 0.6) is 5.75 Å². The Morgan fingerprint density at radius 1 is 1.10 bits per heavy atom. The fraction of sp³-hybridized carbons (Fsp3) is 0.280. The molecule has 4 nitrogen and oxygen atoms in total. The molecule has 2 aromatic carbocycles. The predicted molar refractivity (Wildman–Crippen MR) is 114 cm³/mol. The second kappa shape index (κ2) is 8.91. The molecule has 4 heteroatoms. The van der Waals surface area contributed by atoms with Crippen molar-refractivity contribution in [3.8, 4) is 5.75 Å². The van der Waals surface area contributed by atoms with Crippen LogP contribution in [0.4, 0.5) is 0 Å². The third-order valence-electron chi connectivity index (χ3n) is 5.47. The number of nitrogens with zero attached hydrogens (tertiary/aromatic N) is 2. The molecule has 0 bridgehead atoms. The van der Waals surface area contributed by atoms with Gasteiger partial charge in [-0.3, -0.25) is 9.78 Å². The van der Waals surface area contributed by atoms with E-state index in [1.165, 1.54) is 5.56 Å². The molecule has 0 N–H and O–H groups in total. The van der Waals surface area contributed by atoms with Gasteiger partial charge in [0.05, 0.1) is 19.1 Å². The molecule has 0 saturated carbocycles. The highest BCUT2D eigenvalue weighted by molar-refractivity contribution is 5.79. The average Bonchev–Trinajstić information content (AvgIpc) is 2.78. The van der Waals surface area contributed by atoms with Gasteiger partial charge in [0.25, 0.3) is 0 Å². The molecule has 148 valence electrons. The first-order valence-electron chi connectivity index (χ1n) is 10.2. The largest absolute Gasteiger partial charge is 0.493 e. The lowest BCUT2D eigenvalue weighted by atomic mass is 10.0. The molecule has 0 fully saturated rings. The van der Waals surface area contributed by atoms with Crippen LogP contribution in [-0.4, -0.2) is 22.4 Å². The Hall–Kier alpha value is -3.14. The molecular formula is C25H26N2O2. The van der Waals surface area contributed by atoms with Crippen LogP contribution in [0.3, 0.4) is 0 Å². The second-order valence-electron chi connectivity index (χ2n) is 7.54. The highest BCUT2D eigenvalue weighted by Crippen LogP contribution is 2.27.